The second-order valence-electron chi connectivity index (χ2n) is 7.66. The van der Waals surface area contributed by atoms with Crippen LogP contribution in [0.2, 0.25) is 5.15 Å². The lowest BCUT2D eigenvalue weighted by Gasteiger charge is -2.22. The third-order valence-corrected chi connectivity index (χ3v) is 5.91. The van der Waals surface area contributed by atoms with Crippen LogP contribution in [-0.4, -0.2) is 28.7 Å². The van der Waals surface area contributed by atoms with Gasteiger partial charge >= 0.3 is 5.91 Å². The van der Waals surface area contributed by atoms with Gasteiger partial charge in [-0.25, -0.2) is 9.99 Å². The molecular weight excluding hydrogens is 426 g/mol. The molecule has 1 unspecified atom stereocenters. The van der Waals surface area contributed by atoms with Crippen molar-refractivity contribution < 1.29 is 13.9 Å². The van der Waals surface area contributed by atoms with Gasteiger partial charge in [-0.15, -0.1) is 0 Å². The van der Waals surface area contributed by atoms with Crippen LogP contribution in [0.1, 0.15) is 39.7 Å². The van der Waals surface area contributed by atoms with Crippen molar-refractivity contribution in [2.45, 2.75) is 19.4 Å². The number of amides is 1. The van der Waals surface area contributed by atoms with Gasteiger partial charge in [0.05, 0.1) is 25.1 Å². The second kappa shape index (κ2) is 8.13. The zero-order valence-electron chi connectivity index (χ0n) is 17.6. The quantitative estimate of drug-likeness (QED) is 0.373. The number of carbonyl (C=O) groups excluding carboxylic acids is 1. The number of para-hydroxylation sites is 1. The van der Waals surface area contributed by atoms with Gasteiger partial charge in [-0.05, 0) is 36.8 Å². The third kappa shape index (κ3) is 3.52. The molecule has 160 valence electrons. The zero-order chi connectivity index (χ0) is 22.2. The summed E-state index contributed by atoms with van der Waals surface area (Å²) in [5, 5.41) is 7.32. The minimum atomic E-state index is -0.417. The molecule has 0 fully saturated rings. The van der Waals surface area contributed by atoms with Crippen LogP contribution in [0.3, 0.4) is 0 Å². The van der Waals surface area contributed by atoms with Crippen LogP contribution < -0.4 is 4.74 Å². The molecule has 6 nitrogen and oxygen atoms in total. The average molecular weight is 446 g/mol. The van der Waals surface area contributed by atoms with E-state index in [-0.39, 0.29) is 11.7 Å². The SMILES string of the molecule is COc1cccc2cc(C3CC(c4ccc(C)cc4)=NN3C(=O)c3ccco3)c(Cl)nc12. The van der Waals surface area contributed by atoms with Crippen molar-refractivity contribution in [3.63, 3.8) is 0 Å². The lowest BCUT2D eigenvalue weighted by atomic mass is 9.97. The predicted molar refractivity (Wildman–Crippen MR) is 123 cm³/mol. The normalized spacial score (nSPS) is 15.8. The fourth-order valence-corrected chi connectivity index (χ4v) is 4.20. The van der Waals surface area contributed by atoms with Crippen molar-refractivity contribution in [3.05, 3.63) is 94.5 Å². The summed E-state index contributed by atoms with van der Waals surface area (Å²) in [6.07, 6.45) is 1.98. The van der Waals surface area contributed by atoms with Crippen molar-refractivity contribution in [2.24, 2.45) is 5.10 Å². The summed E-state index contributed by atoms with van der Waals surface area (Å²) < 4.78 is 10.8. The number of hydrogen-bond acceptors (Lipinski definition) is 5. The van der Waals surface area contributed by atoms with E-state index < -0.39 is 6.04 Å². The minimum absolute atomic E-state index is 0.218. The third-order valence-electron chi connectivity index (χ3n) is 5.60. The molecule has 2 aromatic heterocycles. The highest BCUT2D eigenvalue weighted by molar-refractivity contribution is 6.30. The van der Waals surface area contributed by atoms with Gasteiger partial charge < -0.3 is 9.15 Å². The molecule has 0 spiro atoms. The lowest BCUT2D eigenvalue weighted by Crippen LogP contribution is -2.27. The Morgan fingerprint density at radius 3 is 2.69 bits per heavy atom. The molecule has 3 heterocycles. The van der Waals surface area contributed by atoms with E-state index in [4.69, 9.17) is 20.8 Å². The smallest absolute Gasteiger partial charge is 0.310 e. The maximum Gasteiger partial charge on any atom is 0.310 e. The Morgan fingerprint density at radius 2 is 1.97 bits per heavy atom. The fraction of sp³-hybridized carbons (Fsp3) is 0.160. The first-order chi connectivity index (χ1) is 15.5. The molecule has 1 aliphatic rings. The van der Waals surface area contributed by atoms with E-state index in [9.17, 15) is 4.79 Å². The van der Waals surface area contributed by atoms with Gasteiger partial charge in [0, 0.05) is 17.4 Å². The Morgan fingerprint density at radius 1 is 1.16 bits per heavy atom. The molecule has 0 N–H and O–H groups in total. The first-order valence-corrected chi connectivity index (χ1v) is 10.6. The number of halogens is 1. The van der Waals surface area contributed by atoms with E-state index >= 15 is 0 Å². The zero-order valence-corrected chi connectivity index (χ0v) is 18.3. The van der Waals surface area contributed by atoms with Crippen molar-refractivity contribution in [1.29, 1.82) is 0 Å². The van der Waals surface area contributed by atoms with Gasteiger partial charge in [0.25, 0.3) is 0 Å². The maximum absolute atomic E-state index is 13.2. The molecule has 7 heteroatoms. The number of aryl methyl sites for hydroxylation is 1. The highest BCUT2D eigenvalue weighted by Gasteiger charge is 2.36. The highest BCUT2D eigenvalue weighted by atomic mass is 35.5. The molecule has 5 rings (SSSR count). The summed E-state index contributed by atoms with van der Waals surface area (Å²) in [5.41, 5.74) is 4.31. The molecule has 0 bridgehead atoms. The molecule has 2 aromatic carbocycles. The van der Waals surface area contributed by atoms with Gasteiger partial charge in [0.1, 0.15) is 16.4 Å². The van der Waals surface area contributed by atoms with Gasteiger partial charge in [-0.1, -0.05) is 53.6 Å². The standard InChI is InChI=1S/C25H20ClN3O3/c1-15-8-10-16(11-9-15)19-14-20(29(28-19)25(30)22-7-4-12-32-22)18-13-17-5-3-6-21(31-2)23(17)27-24(18)26/h3-13,20H,14H2,1-2H3. The molecular formula is C25H20ClN3O3. The molecule has 0 saturated carbocycles. The number of methoxy groups -OCH3 is 1. The number of rotatable bonds is 4. The first kappa shape index (κ1) is 20.3. The molecule has 0 radical (unpaired) electrons. The monoisotopic (exact) mass is 445 g/mol. The van der Waals surface area contributed by atoms with E-state index in [2.05, 4.69) is 10.1 Å². The number of benzene rings is 2. The number of hydrazone groups is 1. The van der Waals surface area contributed by atoms with E-state index in [0.717, 1.165) is 27.8 Å². The summed E-state index contributed by atoms with van der Waals surface area (Å²) >= 11 is 6.64. The number of carbonyl (C=O) groups is 1. The molecule has 0 saturated heterocycles. The summed E-state index contributed by atoms with van der Waals surface area (Å²) in [5.74, 6) is 0.529. The molecule has 1 amide bonds. The summed E-state index contributed by atoms with van der Waals surface area (Å²) in [6, 6.07) is 18.6. The Labute approximate surface area is 190 Å². The minimum Gasteiger partial charge on any atom is -0.494 e. The van der Waals surface area contributed by atoms with Gasteiger partial charge in [0.2, 0.25) is 0 Å². The number of nitrogens with zero attached hydrogens (tertiary/aromatic N) is 3. The number of hydrogen-bond donors (Lipinski definition) is 0. The highest BCUT2D eigenvalue weighted by Crippen LogP contribution is 2.39. The van der Waals surface area contributed by atoms with E-state index in [1.807, 2.05) is 55.5 Å². The number of pyridine rings is 1. The van der Waals surface area contributed by atoms with E-state index in [1.165, 1.54) is 11.3 Å². The average Bonchev–Trinajstić information content (AvgIpc) is 3.49. The van der Waals surface area contributed by atoms with Crippen LogP contribution in [0.5, 0.6) is 5.75 Å². The molecule has 4 aromatic rings. The van der Waals surface area contributed by atoms with Crippen molar-refractivity contribution in [1.82, 2.24) is 9.99 Å². The molecule has 1 atom stereocenters. The largest absolute Gasteiger partial charge is 0.494 e. The lowest BCUT2D eigenvalue weighted by molar-refractivity contribution is 0.0678. The maximum atomic E-state index is 13.2. The Balaban J connectivity index is 1.60. The van der Waals surface area contributed by atoms with Crippen molar-refractivity contribution in [3.8, 4) is 5.75 Å². The molecule has 32 heavy (non-hydrogen) atoms. The van der Waals surface area contributed by atoms with Gasteiger partial charge in [0.15, 0.2) is 5.76 Å². The Hall–Kier alpha value is -3.64. The first-order valence-electron chi connectivity index (χ1n) is 10.2. The predicted octanol–water partition coefficient (Wildman–Crippen LogP) is 5.79. The number of fused-ring (bicyclic) bond motifs is 1. The summed E-state index contributed by atoms with van der Waals surface area (Å²) in [4.78, 5) is 17.8. The summed E-state index contributed by atoms with van der Waals surface area (Å²) in [7, 11) is 1.60. The van der Waals surface area contributed by atoms with E-state index in [0.29, 0.717) is 22.8 Å². The molecule has 0 aliphatic carbocycles. The Kier molecular flexibility index (Phi) is 5.15. The Bertz CT molecular complexity index is 1330. The number of ether oxygens (including phenoxy) is 1. The molecule has 1 aliphatic heterocycles. The van der Waals surface area contributed by atoms with Crippen LogP contribution >= 0.6 is 11.6 Å². The second-order valence-corrected chi connectivity index (χ2v) is 8.02. The van der Waals surface area contributed by atoms with Crippen LogP contribution in [-0.2, 0) is 0 Å². The van der Waals surface area contributed by atoms with Gasteiger partial charge in [-0.3, -0.25) is 4.79 Å². The van der Waals surface area contributed by atoms with Gasteiger partial charge in [-0.2, -0.15) is 5.10 Å². The van der Waals surface area contributed by atoms with Crippen LogP contribution in [0.15, 0.2) is 76.4 Å². The van der Waals surface area contributed by atoms with Crippen molar-refractivity contribution in [2.75, 3.05) is 7.11 Å². The topological polar surface area (TPSA) is 67.9 Å². The van der Waals surface area contributed by atoms with Crippen LogP contribution in [0, 0.1) is 6.92 Å². The fourth-order valence-electron chi connectivity index (χ4n) is 3.94. The summed E-state index contributed by atoms with van der Waals surface area (Å²) in [6.45, 7) is 2.03. The van der Waals surface area contributed by atoms with Crippen molar-refractivity contribution >= 4 is 34.1 Å². The van der Waals surface area contributed by atoms with Crippen LogP contribution in [0.4, 0.5) is 0 Å². The number of aromatic nitrogens is 1. The van der Waals surface area contributed by atoms with Crippen LogP contribution in [0.25, 0.3) is 10.9 Å². The van der Waals surface area contributed by atoms with E-state index in [1.54, 1.807) is 19.2 Å². The number of furan rings is 1.